The SMILES string of the molecule is Cl.Clc1cccc(C2(C3CCNCC3)CC2)c1. The van der Waals surface area contributed by atoms with Crippen LogP contribution in [0.1, 0.15) is 31.2 Å². The van der Waals surface area contributed by atoms with Gasteiger partial charge in [0.1, 0.15) is 0 Å². The second kappa shape index (κ2) is 5.17. The van der Waals surface area contributed by atoms with Gasteiger partial charge in [-0.1, -0.05) is 23.7 Å². The van der Waals surface area contributed by atoms with Crippen LogP contribution in [0.25, 0.3) is 0 Å². The zero-order chi connectivity index (χ0) is 11.0. The molecule has 1 N–H and O–H groups in total. The first-order chi connectivity index (χ1) is 7.81. The van der Waals surface area contributed by atoms with Crippen molar-refractivity contribution >= 4 is 24.0 Å². The largest absolute Gasteiger partial charge is 0.317 e. The van der Waals surface area contributed by atoms with Crippen molar-refractivity contribution in [2.24, 2.45) is 5.92 Å². The van der Waals surface area contributed by atoms with E-state index in [9.17, 15) is 0 Å². The highest BCUT2D eigenvalue weighted by Gasteiger charge is 2.50. The van der Waals surface area contributed by atoms with Gasteiger partial charge in [0.25, 0.3) is 0 Å². The summed E-state index contributed by atoms with van der Waals surface area (Å²) in [4.78, 5) is 0. The molecule has 0 radical (unpaired) electrons. The molecule has 1 aromatic rings. The molecule has 1 aromatic carbocycles. The average Bonchev–Trinajstić information content (AvgIpc) is 3.11. The molecular formula is C14H19Cl2N. The Morgan fingerprint density at radius 2 is 1.88 bits per heavy atom. The van der Waals surface area contributed by atoms with Gasteiger partial charge in [0, 0.05) is 5.02 Å². The predicted octanol–water partition coefficient (Wildman–Crippen LogP) is 3.79. The fourth-order valence-electron chi connectivity index (χ4n) is 3.24. The summed E-state index contributed by atoms with van der Waals surface area (Å²) in [7, 11) is 0. The molecule has 0 amide bonds. The zero-order valence-corrected chi connectivity index (χ0v) is 11.5. The van der Waals surface area contributed by atoms with Crippen LogP contribution < -0.4 is 5.32 Å². The van der Waals surface area contributed by atoms with Crippen molar-refractivity contribution in [2.45, 2.75) is 31.1 Å². The molecule has 2 fully saturated rings. The summed E-state index contributed by atoms with van der Waals surface area (Å²) < 4.78 is 0. The molecule has 1 aliphatic carbocycles. The minimum Gasteiger partial charge on any atom is -0.317 e. The maximum Gasteiger partial charge on any atom is 0.0408 e. The van der Waals surface area contributed by atoms with Gasteiger partial charge in [0.05, 0.1) is 0 Å². The summed E-state index contributed by atoms with van der Waals surface area (Å²) >= 11 is 6.11. The van der Waals surface area contributed by atoms with Crippen molar-refractivity contribution in [1.29, 1.82) is 0 Å². The van der Waals surface area contributed by atoms with Crippen LogP contribution in [-0.4, -0.2) is 13.1 Å². The van der Waals surface area contributed by atoms with Crippen molar-refractivity contribution < 1.29 is 0 Å². The average molecular weight is 272 g/mol. The lowest BCUT2D eigenvalue weighted by atomic mass is 9.77. The van der Waals surface area contributed by atoms with E-state index in [0.717, 1.165) is 10.9 Å². The topological polar surface area (TPSA) is 12.0 Å². The molecule has 1 saturated carbocycles. The van der Waals surface area contributed by atoms with Crippen LogP contribution in [0.5, 0.6) is 0 Å². The summed E-state index contributed by atoms with van der Waals surface area (Å²) in [5, 5.41) is 4.34. The molecule has 94 valence electrons. The van der Waals surface area contributed by atoms with E-state index in [1.807, 2.05) is 6.07 Å². The molecule has 17 heavy (non-hydrogen) atoms. The molecule has 0 spiro atoms. The van der Waals surface area contributed by atoms with Gasteiger partial charge in [0.15, 0.2) is 0 Å². The predicted molar refractivity (Wildman–Crippen MR) is 75.2 cm³/mol. The van der Waals surface area contributed by atoms with Crippen molar-refractivity contribution in [3.8, 4) is 0 Å². The molecule has 1 saturated heterocycles. The number of hydrogen-bond acceptors (Lipinski definition) is 1. The maximum absolute atomic E-state index is 6.11. The Labute approximate surface area is 114 Å². The molecule has 0 bridgehead atoms. The molecule has 0 atom stereocenters. The van der Waals surface area contributed by atoms with Gasteiger partial charge < -0.3 is 5.32 Å². The van der Waals surface area contributed by atoms with Gasteiger partial charge in [-0.15, -0.1) is 12.4 Å². The van der Waals surface area contributed by atoms with E-state index >= 15 is 0 Å². The lowest BCUT2D eigenvalue weighted by molar-refractivity contribution is 0.303. The van der Waals surface area contributed by atoms with Crippen LogP contribution in [0.3, 0.4) is 0 Å². The fraction of sp³-hybridized carbons (Fsp3) is 0.571. The molecule has 1 nitrogen and oxygen atoms in total. The van der Waals surface area contributed by atoms with Crippen LogP contribution in [0.2, 0.25) is 5.02 Å². The van der Waals surface area contributed by atoms with Gasteiger partial charge in [-0.3, -0.25) is 0 Å². The Kier molecular flexibility index (Phi) is 4.02. The Bertz CT molecular complexity index is 382. The second-order valence-corrected chi connectivity index (χ2v) is 5.63. The first kappa shape index (κ1) is 13.2. The summed E-state index contributed by atoms with van der Waals surface area (Å²) in [6.45, 7) is 2.37. The van der Waals surface area contributed by atoms with E-state index in [4.69, 9.17) is 11.6 Å². The Morgan fingerprint density at radius 3 is 2.47 bits per heavy atom. The molecule has 0 unspecified atom stereocenters. The van der Waals surface area contributed by atoms with E-state index in [0.29, 0.717) is 5.41 Å². The number of rotatable bonds is 2. The van der Waals surface area contributed by atoms with E-state index in [1.165, 1.54) is 44.3 Å². The van der Waals surface area contributed by atoms with Crippen molar-refractivity contribution in [3.05, 3.63) is 34.9 Å². The first-order valence-electron chi connectivity index (χ1n) is 6.28. The third-order valence-corrected chi connectivity index (χ3v) is 4.54. The third kappa shape index (κ3) is 2.47. The van der Waals surface area contributed by atoms with Gasteiger partial charge in [-0.05, 0) is 67.8 Å². The van der Waals surface area contributed by atoms with Gasteiger partial charge >= 0.3 is 0 Å². The van der Waals surface area contributed by atoms with Crippen LogP contribution >= 0.6 is 24.0 Å². The summed E-state index contributed by atoms with van der Waals surface area (Å²) in [6.07, 6.45) is 5.37. The monoisotopic (exact) mass is 271 g/mol. The van der Waals surface area contributed by atoms with E-state index in [1.54, 1.807) is 0 Å². The van der Waals surface area contributed by atoms with E-state index < -0.39 is 0 Å². The van der Waals surface area contributed by atoms with Crippen LogP contribution in [-0.2, 0) is 5.41 Å². The number of hydrogen-bond donors (Lipinski definition) is 1. The maximum atomic E-state index is 6.11. The smallest absolute Gasteiger partial charge is 0.0408 e. The lowest BCUT2D eigenvalue weighted by Gasteiger charge is -2.31. The van der Waals surface area contributed by atoms with Crippen LogP contribution in [0.4, 0.5) is 0 Å². The van der Waals surface area contributed by atoms with E-state index in [2.05, 4.69) is 23.5 Å². The summed E-state index contributed by atoms with van der Waals surface area (Å²) in [5.41, 5.74) is 1.96. The number of piperidine rings is 1. The lowest BCUT2D eigenvalue weighted by Crippen LogP contribution is -2.34. The highest BCUT2D eigenvalue weighted by Crippen LogP contribution is 2.56. The van der Waals surface area contributed by atoms with Crippen molar-refractivity contribution in [3.63, 3.8) is 0 Å². The molecule has 1 heterocycles. The highest BCUT2D eigenvalue weighted by molar-refractivity contribution is 6.30. The summed E-state index contributed by atoms with van der Waals surface area (Å²) in [5.74, 6) is 0.868. The molecule has 3 rings (SSSR count). The van der Waals surface area contributed by atoms with Crippen LogP contribution in [0.15, 0.2) is 24.3 Å². The number of halogens is 2. The summed E-state index contributed by atoms with van der Waals surface area (Å²) in [6, 6.07) is 8.51. The number of nitrogens with one attached hydrogen (secondary N) is 1. The Morgan fingerprint density at radius 1 is 1.18 bits per heavy atom. The minimum absolute atomic E-state index is 0. The standard InChI is InChI=1S/C14H18ClN.ClH/c15-13-3-1-2-12(10-13)14(6-7-14)11-4-8-16-9-5-11;/h1-3,10-11,16H,4-9H2;1H. The molecule has 3 heteroatoms. The third-order valence-electron chi connectivity index (χ3n) is 4.31. The van der Waals surface area contributed by atoms with E-state index in [-0.39, 0.29) is 12.4 Å². The van der Waals surface area contributed by atoms with Gasteiger partial charge in [-0.2, -0.15) is 0 Å². The first-order valence-corrected chi connectivity index (χ1v) is 6.66. The number of benzene rings is 1. The van der Waals surface area contributed by atoms with Crippen molar-refractivity contribution in [2.75, 3.05) is 13.1 Å². The van der Waals surface area contributed by atoms with Crippen LogP contribution in [0, 0.1) is 5.92 Å². The quantitative estimate of drug-likeness (QED) is 0.863. The molecule has 0 aromatic heterocycles. The highest BCUT2D eigenvalue weighted by atomic mass is 35.5. The molecule has 1 aliphatic heterocycles. The Hall–Kier alpha value is -0.240. The van der Waals surface area contributed by atoms with Crippen molar-refractivity contribution in [1.82, 2.24) is 5.32 Å². The molecular weight excluding hydrogens is 253 g/mol. The normalized spacial score (nSPS) is 22.9. The fourth-order valence-corrected chi connectivity index (χ4v) is 3.43. The van der Waals surface area contributed by atoms with Gasteiger partial charge in [0.2, 0.25) is 0 Å². The second-order valence-electron chi connectivity index (χ2n) is 5.19. The van der Waals surface area contributed by atoms with Gasteiger partial charge in [-0.25, -0.2) is 0 Å². The molecule has 2 aliphatic rings. The minimum atomic E-state index is 0. The Balaban J connectivity index is 0.00000108. The zero-order valence-electron chi connectivity index (χ0n) is 9.92.